The molecular formula is C21H26ClNO3. The lowest BCUT2D eigenvalue weighted by atomic mass is 9.69. The van der Waals surface area contributed by atoms with Crippen molar-refractivity contribution in [3.8, 4) is 0 Å². The summed E-state index contributed by atoms with van der Waals surface area (Å²) in [6, 6.07) is 7.46. The lowest BCUT2D eigenvalue weighted by Crippen LogP contribution is -2.57. The summed E-state index contributed by atoms with van der Waals surface area (Å²) in [6.45, 7) is 9.11. The summed E-state index contributed by atoms with van der Waals surface area (Å²) in [5, 5.41) is 0.608. The van der Waals surface area contributed by atoms with Gasteiger partial charge in [0, 0.05) is 17.0 Å². The van der Waals surface area contributed by atoms with Gasteiger partial charge in [0.25, 0.3) is 0 Å². The quantitative estimate of drug-likeness (QED) is 0.785. The van der Waals surface area contributed by atoms with E-state index in [4.69, 9.17) is 16.3 Å². The van der Waals surface area contributed by atoms with Gasteiger partial charge in [-0.05, 0) is 43.5 Å². The topological polar surface area (TPSA) is 46.6 Å². The van der Waals surface area contributed by atoms with Crippen molar-refractivity contribution < 1.29 is 14.3 Å². The van der Waals surface area contributed by atoms with Gasteiger partial charge in [-0.25, -0.2) is 0 Å². The molecule has 5 heteroatoms. The molecule has 0 bridgehead atoms. The third-order valence-electron chi connectivity index (χ3n) is 5.46. The average Bonchev–Trinajstić information content (AvgIpc) is 2.58. The molecule has 1 spiro atoms. The predicted molar refractivity (Wildman–Crippen MR) is 102 cm³/mol. The minimum Gasteiger partial charge on any atom is -0.367 e. The molecule has 1 aliphatic carbocycles. The second kappa shape index (κ2) is 6.82. The highest BCUT2D eigenvalue weighted by molar-refractivity contribution is 6.31. The van der Waals surface area contributed by atoms with Crippen LogP contribution in [0.5, 0.6) is 0 Å². The van der Waals surface area contributed by atoms with Crippen molar-refractivity contribution in [1.82, 2.24) is 4.90 Å². The van der Waals surface area contributed by atoms with E-state index in [0.717, 1.165) is 11.1 Å². The Labute approximate surface area is 160 Å². The van der Waals surface area contributed by atoms with Crippen molar-refractivity contribution >= 4 is 23.3 Å². The third kappa shape index (κ3) is 3.45. The molecule has 1 amide bonds. The van der Waals surface area contributed by atoms with Gasteiger partial charge in [0.1, 0.15) is 5.60 Å². The van der Waals surface area contributed by atoms with Crippen molar-refractivity contribution in [3.05, 3.63) is 46.5 Å². The number of ketones is 1. The zero-order valence-electron chi connectivity index (χ0n) is 15.8. The highest BCUT2D eigenvalue weighted by Gasteiger charge is 2.47. The van der Waals surface area contributed by atoms with Gasteiger partial charge in [-0.3, -0.25) is 9.59 Å². The Bertz CT molecular complexity index is 770. The molecular weight excluding hydrogens is 350 g/mol. The Morgan fingerprint density at radius 1 is 1.31 bits per heavy atom. The lowest BCUT2D eigenvalue weighted by molar-refractivity contribution is -0.152. The summed E-state index contributed by atoms with van der Waals surface area (Å²) in [5.74, 6) is -0.122. The van der Waals surface area contributed by atoms with Gasteiger partial charge in [0.15, 0.2) is 5.78 Å². The van der Waals surface area contributed by atoms with Crippen LogP contribution < -0.4 is 0 Å². The van der Waals surface area contributed by atoms with Crippen LogP contribution in [0.25, 0.3) is 0 Å². The van der Waals surface area contributed by atoms with Crippen molar-refractivity contribution in [1.29, 1.82) is 0 Å². The van der Waals surface area contributed by atoms with E-state index in [-0.39, 0.29) is 17.6 Å². The predicted octanol–water partition coefficient (Wildman–Crippen LogP) is 3.99. The first-order chi connectivity index (χ1) is 12.2. The van der Waals surface area contributed by atoms with E-state index in [1.54, 1.807) is 0 Å². The molecule has 0 N–H and O–H groups in total. The number of halogens is 1. The Morgan fingerprint density at radius 3 is 2.65 bits per heavy atom. The second-order valence-corrected chi connectivity index (χ2v) is 8.54. The molecule has 0 radical (unpaired) electrons. The molecule has 140 valence electrons. The van der Waals surface area contributed by atoms with Crippen LogP contribution in [0, 0.1) is 5.41 Å². The molecule has 1 aliphatic heterocycles. The van der Waals surface area contributed by atoms with Gasteiger partial charge in [-0.15, -0.1) is 0 Å². The fraction of sp³-hybridized carbons (Fsp3) is 0.524. The van der Waals surface area contributed by atoms with Crippen LogP contribution in [0.3, 0.4) is 0 Å². The monoisotopic (exact) mass is 375 g/mol. The van der Waals surface area contributed by atoms with Crippen LogP contribution in [0.15, 0.2) is 35.9 Å². The Hall–Kier alpha value is -1.65. The maximum atomic E-state index is 13.1. The number of allylic oxidation sites excluding steroid dienone is 1. The Kier molecular flexibility index (Phi) is 5.02. The van der Waals surface area contributed by atoms with E-state index in [1.165, 1.54) is 0 Å². The molecule has 3 rings (SSSR count). The van der Waals surface area contributed by atoms with Crippen LogP contribution in [-0.2, 0) is 14.3 Å². The number of carbonyl (C=O) groups excluding carboxylic acids is 2. The molecule has 4 nitrogen and oxygen atoms in total. The number of benzene rings is 1. The van der Waals surface area contributed by atoms with E-state index >= 15 is 0 Å². The third-order valence-corrected chi connectivity index (χ3v) is 5.80. The maximum Gasteiger partial charge on any atom is 0.230 e. The molecule has 1 aromatic carbocycles. The van der Waals surface area contributed by atoms with Gasteiger partial charge in [-0.1, -0.05) is 43.6 Å². The minimum atomic E-state index is -0.588. The van der Waals surface area contributed by atoms with Crippen LogP contribution in [0.4, 0.5) is 0 Å². The van der Waals surface area contributed by atoms with Gasteiger partial charge < -0.3 is 9.64 Å². The highest BCUT2D eigenvalue weighted by atomic mass is 35.5. The number of Topliss-reactive ketones (excluding diaryl/α,β-unsaturated/α-hetero) is 1. The summed E-state index contributed by atoms with van der Waals surface area (Å²) < 4.78 is 6.10. The summed E-state index contributed by atoms with van der Waals surface area (Å²) in [5.41, 5.74) is 0.481. The van der Waals surface area contributed by atoms with Crippen LogP contribution in [0.2, 0.25) is 5.02 Å². The summed E-state index contributed by atoms with van der Waals surface area (Å²) in [6.07, 6.45) is 2.50. The van der Waals surface area contributed by atoms with E-state index in [0.29, 0.717) is 31.1 Å². The summed E-state index contributed by atoms with van der Waals surface area (Å²) in [7, 11) is 0. The number of hydrogen-bond donors (Lipinski definition) is 0. The molecule has 1 fully saturated rings. The number of hydrogen-bond acceptors (Lipinski definition) is 3. The second-order valence-electron chi connectivity index (χ2n) is 8.13. The molecule has 1 saturated heterocycles. The van der Waals surface area contributed by atoms with Gasteiger partial charge in [0.2, 0.25) is 5.91 Å². The van der Waals surface area contributed by atoms with E-state index in [2.05, 4.69) is 0 Å². The SMILES string of the molecule is CC1=CC2(CN(C(=O)C(C)c3ccccc3Cl)CCO2)CC(C)(C)C1=O. The molecule has 0 aromatic heterocycles. The Morgan fingerprint density at radius 2 is 2.00 bits per heavy atom. The molecule has 1 aromatic rings. The summed E-state index contributed by atoms with van der Waals surface area (Å²) >= 11 is 6.27. The molecule has 2 aliphatic rings. The zero-order chi connectivity index (χ0) is 19.1. The van der Waals surface area contributed by atoms with Crippen molar-refractivity contribution in [3.63, 3.8) is 0 Å². The summed E-state index contributed by atoms with van der Waals surface area (Å²) in [4.78, 5) is 27.4. The van der Waals surface area contributed by atoms with Crippen molar-refractivity contribution in [2.45, 2.75) is 45.6 Å². The molecule has 26 heavy (non-hydrogen) atoms. The normalized spacial score (nSPS) is 26.6. The average molecular weight is 376 g/mol. The number of amides is 1. The highest BCUT2D eigenvalue weighted by Crippen LogP contribution is 2.41. The molecule has 0 saturated carbocycles. The van der Waals surface area contributed by atoms with Crippen LogP contribution in [-0.4, -0.2) is 41.9 Å². The number of carbonyl (C=O) groups is 2. The maximum absolute atomic E-state index is 13.1. The van der Waals surface area contributed by atoms with Gasteiger partial charge in [-0.2, -0.15) is 0 Å². The first-order valence-electron chi connectivity index (χ1n) is 9.07. The number of rotatable bonds is 2. The van der Waals surface area contributed by atoms with Crippen molar-refractivity contribution in [2.75, 3.05) is 19.7 Å². The molecule has 2 atom stereocenters. The fourth-order valence-electron chi connectivity index (χ4n) is 4.30. The smallest absolute Gasteiger partial charge is 0.230 e. The zero-order valence-corrected chi connectivity index (χ0v) is 16.6. The van der Waals surface area contributed by atoms with Crippen LogP contribution >= 0.6 is 11.6 Å². The molecule has 1 heterocycles. The fourth-order valence-corrected chi connectivity index (χ4v) is 4.60. The van der Waals surface area contributed by atoms with E-state index in [9.17, 15) is 9.59 Å². The minimum absolute atomic E-state index is 0.0431. The van der Waals surface area contributed by atoms with E-state index < -0.39 is 11.0 Å². The Balaban J connectivity index is 1.84. The van der Waals surface area contributed by atoms with Crippen molar-refractivity contribution in [2.24, 2.45) is 5.41 Å². The largest absolute Gasteiger partial charge is 0.367 e. The standard InChI is InChI=1S/C21H26ClNO3/c1-14-11-21(12-20(3,4)18(14)24)13-23(9-10-26-21)19(25)15(2)16-7-5-6-8-17(16)22/h5-8,11,15H,9-10,12-13H2,1-4H3. The van der Waals surface area contributed by atoms with Gasteiger partial charge in [0.05, 0.1) is 19.1 Å². The first kappa shape index (κ1) is 19.1. The first-order valence-corrected chi connectivity index (χ1v) is 9.44. The lowest BCUT2D eigenvalue weighted by Gasteiger charge is -2.47. The number of morpholine rings is 1. The number of ether oxygens (including phenoxy) is 1. The van der Waals surface area contributed by atoms with E-state index in [1.807, 2.05) is 62.9 Å². The number of nitrogens with zero attached hydrogens (tertiary/aromatic N) is 1. The van der Waals surface area contributed by atoms with Gasteiger partial charge >= 0.3 is 0 Å². The molecule has 2 unspecified atom stereocenters. The van der Waals surface area contributed by atoms with Crippen LogP contribution in [0.1, 0.15) is 45.6 Å².